The summed E-state index contributed by atoms with van der Waals surface area (Å²) in [4.78, 5) is 53.4. The Bertz CT molecular complexity index is 1070. The number of rotatable bonds is 20. The van der Waals surface area contributed by atoms with Gasteiger partial charge >= 0.3 is 23.9 Å². The van der Waals surface area contributed by atoms with Crippen molar-refractivity contribution in [1.82, 2.24) is 19.6 Å². The second-order valence-electron chi connectivity index (χ2n) is 10.9. The zero-order valence-electron chi connectivity index (χ0n) is 26.8. The minimum atomic E-state index is -1.06. The summed E-state index contributed by atoms with van der Waals surface area (Å²) in [6.45, 7) is 3.05. The Morgan fingerprint density at radius 1 is 0.638 bits per heavy atom. The van der Waals surface area contributed by atoms with E-state index in [2.05, 4.69) is 0 Å². The molecule has 1 aromatic rings. The number of hydrogen-bond donors (Lipinski definition) is 4. The van der Waals surface area contributed by atoms with Gasteiger partial charge < -0.3 is 39.4 Å². The molecule has 1 atom stereocenters. The summed E-state index contributed by atoms with van der Waals surface area (Å²) in [5.74, 6) is -3.59. The third-order valence-electron chi connectivity index (χ3n) is 7.26. The molecular formula is C30H48GdN4O12. The molecule has 1 aromatic carbocycles. The van der Waals surface area contributed by atoms with E-state index in [1.807, 2.05) is 12.1 Å². The second-order valence-corrected chi connectivity index (χ2v) is 10.9. The van der Waals surface area contributed by atoms with Gasteiger partial charge in [0.25, 0.3) is 0 Å². The number of carbonyl (C=O) groups is 4. The van der Waals surface area contributed by atoms with Gasteiger partial charge in [0.05, 0.1) is 59.2 Å². The number of methoxy groups -OCH3 is 1. The first-order valence-corrected chi connectivity index (χ1v) is 15.2. The SMILES string of the molecule is COCCOCCOCCOc1ccc(C[C@@H]2CN(CC(=O)O)CCN(CC(=O)O)CCN(CC(=O)O)CCN2CC(=O)O)cc1.[Gd]. The number of benzene rings is 1. The fraction of sp³-hybridized carbons (Fsp3) is 0.667. The fourth-order valence-corrected chi connectivity index (χ4v) is 5.03. The predicted molar refractivity (Wildman–Crippen MR) is 164 cm³/mol. The smallest absolute Gasteiger partial charge is 0.317 e. The summed E-state index contributed by atoms with van der Waals surface area (Å²) in [5, 5.41) is 38.2. The Balaban J connectivity index is 0.0000110. The van der Waals surface area contributed by atoms with Gasteiger partial charge in [-0.25, -0.2) is 0 Å². The van der Waals surface area contributed by atoms with E-state index >= 15 is 0 Å². The van der Waals surface area contributed by atoms with Crippen molar-refractivity contribution in [3.63, 3.8) is 0 Å². The van der Waals surface area contributed by atoms with Crippen LogP contribution in [-0.2, 0) is 39.8 Å². The molecule has 0 saturated carbocycles. The van der Waals surface area contributed by atoms with Gasteiger partial charge in [-0.3, -0.25) is 38.8 Å². The molecule has 0 bridgehead atoms. The van der Waals surface area contributed by atoms with Crippen LogP contribution in [0.4, 0.5) is 0 Å². The Labute approximate surface area is 307 Å². The molecule has 1 fully saturated rings. The molecule has 1 aliphatic rings. The molecule has 1 saturated heterocycles. The number of aliphatic carboxylic acids is 4. The number of hydrogen-bond acceptors (Lipinski definition) is 12. The van der Waals surface area contributed by atoms with Crippen molar-refractivity contribution in [2.45, 2.75) is 12.5 Å². The molecule has 0 spiro atoms. The zero-order chi connectivity index (χ0) is 33.7. The molecule has 16 nitrogen and oxygen atoms in total. The van der Waals surface area contributed by atoms with Gasteiger partial charge in [-0.15, -0.1) is 0 Å². The van der Waals surface area contributed by atoms with Gasteiger partial charge in [-0.05, 0) is 24.1 Å². The van der Waals surface area contributed by atoms with Crippen LogP contribution in [0, 0.1) is 39.9 Å². The quantitative estimate of drug-likeness (QED) is 0.120. The van der Waals surface area contributed by atoms with Gasteiger partial charge in [-0.1, -0.05) is 12.1 Å². The summed E-state index contributed by atoms with van der Waals surface area (Å²) >= 11 is 0. The van der Waals surface area contributed by atoms with E-state index in [1.165, 1.54) is 0 Å². The van der Waals surface area contributed by atoms with Crippen LogP contribution in [0.1, 0.15) is 5.56 Å². The fourth-order valence-electron chi connectivity index (χ4n) is 5.03. The number of carboxylic acid groups (broad SMARTS) is 4. The minimum absolute atomic E-state index is 0. The largest absolute Gasteiger partial charge is 0.491 e. The van der Waals surface area contributed by atoms with Crippen molar-refractivity contribution >= 4 is 23.9 Å². The summed E-state index contributed by atoms with van der Waals surface area (Å²) in [5.41, 5.74) is 0.870. The van der Waals surface area contributed by atoms with E-state index in [0.717, 1.165) is 5.56 Å². The van der Waals surface area contributed by atoms with E-state index < -0.39 is 29.9 Å². The van der Waals surface area contributed by atoms with Crippen LogP contribution in [0.3, 0.4) is 0 Å². The monoisotopic (exact) mass is 814 g/mol. The molecule has 47 heavy (non-hydrogen) atoms. The van der Waals surface area contributed by atoms with Crippen LogP contribution < -0.4 is 4.74 Å². The second kappa shape index (κ2) is 25.0. The first-order chi connectivity index (χ1) is 22.0. The maximum Gasteiger partial charge on any atom is 0.317 e. The molecule has 268 valence electrons. The molecule has 4 N–H and O–H groups in total. The average molecular weight is 814 g/mol. The van der Waals surface area contributed by atoms with E-state index in [0.29, 0.717) is 51.8 Å². The van der Waals surface area contributed by atoms with Gasteiger partial charge in [0.1, 0.15) is 12.4 Å². The molecule has 0 aromatic heterocycles. The van der Waals surface area contributed by atoms with Gasteiger partial charge in [0.15, 0.2) is 0 Å². The third kappa shape index (κ3) is 20.1. The van der Waals surface area contributed by atoms with Gasteiger partial charge in [0.2, 0.25) is 0 Å². The molecule has 0 amide bonds. The van der Waals surface area contributed by atoms with E-state index in [9.17, 15) is 39.6 Å². The van der Waals surface area contributed by atoms with Crippen LogP contribution in [0.25, 0.3) is 0 Å². The van der Waals surface area contributed by atoms with Crippen molar-refractivity contribution in [2.24, 2.45) is 0 Å². The maximum atomic E-state index is 11.9. The normalized spacial score (nSPS) is 17.6. The topological polar surface area (TPSA) is 199 Å². The van der Waals surface area contributed by atoms with Gasteiger partial charge in [-0.2, -0.15) is 0 Å². The van der Waals surface area contributed by atoms with Gasteiger partial charge in [0, 0.05) is 98.9 Å². The minimum Gasteiger partial charge on any atom is -0.491 e. The zero-order valence-corrected chi connectivity index (χ0v) is 29.1. The molecule has 0 radical (unpaired) electrons. The third-order valence-corrected chi connectivity index (χ3v) is 7.26. The first kappa shape index (κ1) is 43.0. The molecule has 1 heterocycles. The molecule has 0 unspecified atom stereocenters. The first-order valence-electron chi connectivity index (χ1n) is 15.2. The summed E-state index contributed by atoms with van der Waals surface area (Å²) in [6.07, 6.45) is 0.383. The van der Waals surface area contributed by atoms with Crippen LogP contribution in [0.2, 0.25) is 0 Å². The number of nitrogens with zero attached hydrogens (tertiary/aromatic N) is 4. The van der Waals surface area contributed by atoms with E-state index in [-0.39, 0.29) is 112 Å². The van der Waals surface area contributed by atoms with Crippen LogP contribution in [0.15, 0.2) is 24.3 Å². The van der Waals surface area contributed by atoms with Crippen molar-refractivity contribution in [2.75, 3.05) is 119 Å². The Morgan fingerprint density at radius 3 is 1.60 bits per heavy atom. The maximum absolute atomic E-state index is 11.9. The molecule has 17 heteroatoms. The standard InChI is InChI=1S/C30H48N4O12.Gd/c1-43-12-13-44-14-15-45-16-17-46-26-4-2-24(3-5-26)18-25-19-33(22-29(39)40)9-8-31(20-27(35)36)6-7-32(21-28(37)38)10-11-34(25)23-30(41)42;/h2-5,25H,6-23H2,1H3,(H,35,36)(H,37,38)(H,39,40)(H,41,42);/t25-;/m1./s1. The van der Waals surface area contributed by atoms with Crippen LogP contribution in [-0.4, -0.2) is 189 Å². The average Bonchev–Trinajstić information content (AvgIpc) is 2.98. The molecule has 1 aliphatic heterocycles. The molecule has 0 aliphatic carbocycles. The van der Waals surface area contributed by atoms with Crippen LogP contribution in [0.5, 0.6) is 5.75 Å². The van der Waals surface area contributed by atoms with Crippen molar-refractivity contribution < 1.29 is 98.5 Å². The number of carboxylic acids is 4. The van der Waals surface area contributed by atoms with Crippen molar-refractivity contribution in [1.29, 1.82) is 0 Å². The van der Waals surface area contributed by atoms with Crippen molar-refractivity contribution in [3.8, 4) is 5.75 Å². The predicted octanol–water partition coefficient (Wildman–Crippen LogP) is -0.784. The van der Waals surface area contributed by atoms with Crippen LogP contribution >= 0.6 is 0 Å². The number of ether oxygens (including phenoxy) is 4. The summed E-state index contributed by atoms with van der Waals surface area (Å²) < 4.78 is 21.5. The Morgan fingerprint density at radius 2 is 1.09 bits per heavy atom. The summed E-state index contributed by atoms with van der Waals surface area (Å²) in [6, 6.07) is 6.88. The summed E-state index contributed by atoms with van der Waals surface area (Å²) in [7, 11) is 1.61. The Kier molecular flexibility index (Phi) is 22.8. The molecular weight excluding hydrogens is 766 g/mol. The van der Waals surface area contributed by atoms with E-state index in [1.54, 1.807) is 38.8 Å². The molecule has 2 rings (SSSR count). The van der Waals surface area contributed by atoms with Crippen molar-refractivity contribution in [3.05, 3.63) is 29.8 Å². The Hall–Kier alpha value is -2.06. The van der Waals surface area contributed by atoms with E-state index in [4.69, 9.17) is 18.9 Å².